The molecule has 2 aromatic rings. The van der Waals surface area contributed by atoms with Crippen molar-refractivity contribution in [1.29, 1.82) is 5.26 Å². The molecule has 0 bridgehead atoms. The van der Waals surface area contributed by atoms with Crippen LogP contribution in [0.3, 0.4) is 0 Å². The normalized spacial score (nSPS) is 12.9. The molecule has 0 fully saturated rings. The van der Waals surface area contributed by atoms with Crippen LogP contribution in [0.25, 0.3) is 11.8 Å². The van der Waals surface area contributed by atoms with Crippen LogP contribution in [0, 0.1) is 11.3 Å². The second kappa shape index (κ2) is 12.3. The number of halogens is 3. The Kier molecular flexibility index (Phi) is 9.76. The number of amides is 2. The van der Waals surface area contributed by atoms with E-state index in [9.17, 15) is 32.8 Å². The van der Waals surface area contributed by atoms with E-state index in [0.717, 1.165) is 15.9 Å². The standard InChI is InChI=1S/C22H26F3N7O3S/c1-5-32-20(35)15(36-21(32)14(9-26)19(34)28-12-22(23,24)25)10-27-16-7-6-8-17(29-16)30-18(33)11-31(4)13(2)3/h6-8,10,13H,5,11-12H2,1-4H3,(H,28,34)(H2,27,29,30,33)/b15-10+,21-14-. The van der Waals surface area contributed by atoms with Crippen molar-refractivity contribution in [3.05, 3.63) is 37.7 Å². The van der Waals surface area contributed by atoms with E-state index in [4.69, 9.17) is 0 Å². The van der Waals surface area contributed by atoms with Crippen LogP contribution in [0.1, 0.15) is 20.8 Å². The molecule has 36 heavy (non-hydrogen) atoms. The van der Waals surface area contributed by atoms with E-state index in [1.807, 2.05) is 25.8 Å². The van der Waals surface area contributed by atoms with Gasteiger partial charge in [-0.15, -0.1) is 11.3 Å². The van der Waals surface area contributed by atoms with Gasteiger partial charge in [0, 0.05) is 18.8 Å². The molecule has 2 heterocycles. The number of nitriles is 1. The van der Waals surface area contributed by atoms with Crippen LogP contribution < -0.4 is 30.7 Å². The highest BCUT2D eigenvalue weighted by molar-refractivity contribution is 7.07. The van der Waals surface area contributed by atoms with Gasteiger partial charge in [-0.2, -0.15) is 18.4 Å². The van der Waals surface area contributed by atoms with Gasteiger partial charge in [0.2, 0.25) is 5.91 Å². The maximum atomic E-state index is 12.8. The molecule has 0 radical (unpaired) electrons. The fourth-order valence-electron chi connectivity index (χ4n) is 2.77. The summed E-state index contributed by atoms with van der Waals surface area (Å²) in [5, 5.41) is 16.5. The molecule has 0 aromatic carbocycles. The molecule has 194 valence electrons. The minimum absolute atomic E-state index is 0.0685. The van der Waals surface area contributed by atoms with Crippen molar-refractivity contribution < 1.29 is 22.8 Å². The third-order valence-corrected chi connectivity index (χ3v) is 6.00. The summed E-state index contributed by atoms with van der Waals surface area (Å²) in [6, 6.07) is 6.60. The minimum Gasteiger partial charge on any atom is -0.345 e. The van der Waals surface area contributed by atoms with Gasteiger partial charge < -0.3 is 16.0 Å². The van der Waals surface area contributed by atoms with E-state index in [2.05, 4.69) is 15.6 Å². The second-order valence-corrected chi connectivity index (χ2v) is 8.89. The van der Waals surface area contributed by atoms with Crippen molar-refractivity contribution >= 4 is 46.6 Å². The van der Waals surface area contributed by atoms with Crippen molar-refractivity contribution in [2.45, 2.75) is 39.5 Å². The van der Waals surface area contributed by atoms with Crippen molar-refractivity contribution in [2.24, 2.45) is 0 Å². The average molecular weight is 526 g/mol. The third-order valence-electron chi connectivity index (χ3n) is 4.87. The largest absolute Gasteiger partial charge is 0.405 e. The number of likely N-dealkylation sites (N-methyl/N-ethyl adjacent to an activating group) is 1. The number of hydrogen-bond acceptors (Lipinski definition) is 8. The van der Waals surface area contributed by atoms with Gasteiger partial charge in [-0.1, -0.05) is 6.07 Å². The number of carbonyl (C=O) groups is 2. The van der Waals surface area contributed by atoms with Crippen LogP contribution >= 0.6 is 11.3 Å². The van der Waals surface area contributed by atoms with Crippen molar-refractivity contribution in [2.75, 3.05) is 30.8 Å². The lowest BCUT2D eigenvalue weighted by Gasteiger charge is -2.20. The number of carbonyl (C=O) groups excluding carboxylic acids is 2. The Balaban J connectivity index is 2.32. The van der Waals surface area contributed by atoms with Crippen LogP contribution in [0.15, 0.2) is 23.0 Å². The summed E-state index contributed by atoms with van der Waals surface area (Å²) in [5.41, 5.74) is -1.14. The fraction of sp³-hybridized carbons (Fsp3) is 0.409. The molecular weight excluding hydrogens is 499 g/mol. The lowest BCUT2D eigenvalue weighted by molar-refractivity contribution is -0.135. The molecule has 10 nitrogen and oxygen atoms in total. The SMILES string of the molecule is CCn1c(=O)/c(=C\Nc2cccc(NC(=O)CN(C)C(C)C)n2)s/c1=C(/C#N)C(=O)NCC(F)(F)F. The highest BCUT2D eigenvalue weighted by Gasteiger charge is 2.28. The number of nitrogens with one attached hydrogen (secondary N) is 3. The highest BCUT2D eigenvalue weighted by Crippen LogP contribution is 2.12. The van der Waals surface area contributed by atoms with Gasteiger partial charge >= 0.3 is 6.18 Å². The number of pyridine rings is 1. The number of alkyl halides is 3. The van der Waals surface area contributed by atoms with Crippen LogP contribution in [0.2, 0.25) is 0 Å². The molecule has 14 heteroatoms. The van der Waals surface area contributed by atoms with E-state index >= 15 is 0 Å². The molecule has 0 saturated heterocycles. The average Bonchev–Trinajstić information content (AvgIpc) is 3.11. The topological polar surface area (TPSA) is 132 Å². The van der Waals surface area contributed by atoms with Crippen LogP contribution in [-0.4, -0.2) is 58.6 Å². The zero-order valence-electron chi connectivity index (χ0n) is 20.1. The Hall–Kier alpha value is -3.70. The van der Waals surface area contributed by atoms with Gasteiger partial charge in [0.05, 0.1) is 6.54 Å². The Labute approximate surface area is 208 Å². The number of hydrogen-bond donors (Lipinski definition) is 3. The van der Waals surface area contributed by atoms with Gasteiger partial charge in [-0.05, 0) is 40.0 Å². The molecule has 0 aliphatic rings. The molecule has 0 spiro atoms. The molecule has 3 N–H and O–H groups in total. The Morgan fingerprint density at radius 3 is 2.56 bits per heavy atom. The van der Waals surface area contributed by atoms with Crippen LogP contribution in [0.4, 0.5) is 24.8 Å². The monoisotopic (exact) mass is 525 g/mol. The summed E-state index contributed by atoms with van der Waals surface area (Å²) in [6.07, 6.45) is -3.34. The molecule has 2 aromatic heterocycles. The van der Waals surface area contributed by atoms with Gasteiger partial charge in [-0.25, -0.2) is 4.98 Å². The number of thiazole rings is 1. The Morgan fingerprint density at radius 1 is 1.31 bits per heavy atom. The van der Waals surface area contributed by atoms with Gasteiger partial charge in [-0.3, -0.25) is 23.9 Å². The summed E-state index contributed by atoms with van der Waals surface area (Å²) in [6.45, 7) is 4.17. The molecule has 0 saturated carbocycles. The predicted molar refractivity (Wildman–Crippen MR) is 130 cm³/mol. The summed E-state index contributed by atoms with van der Waals surface area (Å²) in [7, 11) is 1.82. The summed E-state index contributed by atoms with van der Waals surface area (Å²) in [4.78, 5) is 43.2. The first kappa shape index (κ1) is 28.5. The molecule has 0 unspecified atom stereocenters. The smallest absolute Gasteiger partial charge is 0.345 e. The van der Waals surface area contributed by atoms with Crippen molar-refractivity contribution in [3.63, 3.8) is 0 Å². The van der Waals surface area contributed by atoms with E-state index in [1.54, 1.807) is 36.5 Å². The second-order valence-electron chi connectivity index (χ2n) is 7.86. The lowest BCUT2D eigenvalue weighted by atomic mass is 10.3. The van der Waals surface area contributed by atoms with Gasteiger partial charge in [0.1, 0.15) is 33.4 Å². The van der Waals surface area contributed by atoms with Crippen LogP contribution in [-0.2, 0) is 16.1 Å². The quantitative estimate of drug-likeness (QED) is 0.441. The maximum Gasteiger partial charge on any atom is 0.405 e. The Bertz CT molecular complexity index is 1330. The first-order chi connectivity index (χ1) is 16.9. The molecule has 0 aliphatic carbocycles. The Morgan fingerprint density at radius 2 is 1.97 bits per heavy atom. The first-order valence-electron chi connectivity index (χ1n) is 10.8. The summed E-state index contributed by atoms with van der Waals surface area (Å²) < 4.78 is 38.5. The van der Waals surface area contributed by atoms with Crippen LogP contribution in [0.5, 0.6) is 0 Å². The van der Waals surface area contributed by atoms with Crippen molar-refractivity contribution in [1.82, 2.24) is 19.8 Å². The maximum absolute atomic E-state index is 12.8. The van der Waals surface area contributed by atoms with E-state index in [-0.39, 0.29) is 40.1 Å². The molecule has 2 amide bonds. The highest BCUT2D eigenvalue weighted by atomic mass is 32.1. The van der Waals surface area contributed by atoms with E-state index < -0.39 is 29.8 Å². The van der Waals surface area contributed by atoms with Crippen molar-refractivity contribution in [3.8, 4) is 6.07 Å². The number of anilines is 2. The first-order valence-corrected chi connectivity index (χ1v) is 11.6. The third kappa shape index (κ3) is 7.92. The van der Waals surface area contributed by atoms with E-state index in [1.165, 1.54) is 6.20 Å². The number of rotatable bonds is 9. The molecule has 0 atom stereocenters. The van der Waals surface area contributed by atoms with Gasteiger partial charge in [0.25, 0.3) is 11.5 Å². The zero-order chi connectivity index (χ0) is 27.0. The van der Waals surface area contributed by atoms with E-state index in [0.29, 0.717) is 5.82 Å². The lowest BCUT2D eigenvalue weighted by Crippen LogP contribution is -2.37. The molecular formula is C22H26F3N7O3S. The number of aromatic nitrogens is 2. The zero-order valence-corrected chi connectivity index (χ0v) is 20.9. The predicted octanol–water partition coefficient (Wildman–Crippen LogP) is 0.806. The molecule has 0 aliphatic heterocycles. The summed E-state index contributed by atoms with van der Waals surface area (Å²) in [5.74, 6) is -0.896. The summed E-state index contributed by atoms with van der Waals surface area (Å²) >= 11 is 0.776. The van der Waals surface area contributed by atoms with Gasteiger partial charge in [0.15, 0.2) is 5.57 Å². The minimum atomic E-state index is -4.65. The fourth-order valence-corrected chi connectivity index (χ4v) is 3.86. The molecule has 2 rings (SSSR count). The number of nitrogens with zero attached hydrogens (tertiary/aromatic N) is 4.